The van der Waals surface area contributed by atoms with Gasteiger partial charge >= 0.3 is 0 Å². The second-order valence-corrected chi connectivity index (χ2v) is 7.59. The third-order valence-corrected chi connectivity index (χ3v) is 5.53. The minimum atomic E-state index is 0. The summed E-state index contributed by atoms with van der Waals surface area (Å²) in [5.41, 5.74) is 2.58. The normalized spacial score (nSPS) is 18.2. The van der Waals surface area contributed by atoms with E-state index in [0.717, 1.165) is 25.6 Å². The summed E-state index contributed by atoms with van der Waals surface area (Å²) >= 11 is 0. The number of hydrogen-bond donors (Lipinski definition) is 2. The molecule has 0 unspecified atom stereocenters. The molecule has 0 aromatic heterocycles. The molecule has 1 aromatic rings. The minimum Gasteiger partial charge on any atom is -0.364 e. The number of anilines is 1. The van der Waals surface area contributed by atoms with Gasteiger partial charge in [0.1, 0.15) is 0 Å². The van der Waals surface area contributed by atoms with Crippen LogP contribution in [0.3, 0.4) is 0 Å². The number of unbranched alkanes of at least 4 members (excludes halogenated alkanes) is 1. The molecule has 1 fully saturated rings. The number of guanidine groups is 1. The molecule has 0 radical (unpaired) electrons. The number of nitrogens with one attached hydrogen (secondary N) is 2. The molecular formula is C22H36IN5. The molecule has 1 aromatic carbocycles. The summed E-state index contributed by atoms with van der Waals surface area (Å²) in [6, 6.07) is 9.32. The lowest BCUT2D eigenvalue weighted by Crippen LogP contribution is -2.48. The first-order valence-corrected chi connectivity index (χ1v) is 10.5. The van der Waals surface area contributed by atoms with Gasteiger partial charge < -0.3 is 20.4 Å². The van der Waals surface area contributed by atoms with Gasteiger partial charge in [-0.1, -0.05) is 37.6 Å². The second kappa shape index (κ2) is 12.3. The van der Waals surface area contributed by atoms with E-state index in [2.05, 4.69) is 68.8 Å². The van der Waals surface area contributed by atoms with Gasteiger partial charge in [-0.05, 0) is 43.5 Å². The smallest absolute Gasteiger partial charge is 0.191 e. The molecular weight excluding hydrogens is 461 g/mol. The van der Waals surface area contributed by atoms with Gasteiger partial charge in [-0.2, -0.15) is 0 Å². The molecule has 0 saturated carbocycles. The van der Waals surface area contributed by atoms with Crippen LogP contribution in [0.1, 0.15) is 38.2 Å². The molecule has 0 amide bonds. The number of halogens is 1. The van der Waals surface area contributed by atoms with Crippen molar-refractivity contribution >= 4 is 35.6 Å². The van der Waals surface area contributed by atoms with Crippen molar-refractivity contribution < 1.29 is 0 Å². The first-order chi connectivity index (χ1) is 13.3. The van der Waals surface area contributed by atoms with E-state index in [-0.39, 0.29) is 24.0 Å². The maximum Gasteiger partial charge on any atom is 0.191 e. The van der Waals surface area contributed by atoms with Crippen molar-refractivity contribution in [2.75, 3.05) is 44.7 Å². The maximum absolute atomic E-state index is 4.43. The van der Waals surface area contributed by atoms with Gasteiger partial charge in [0.05, 0.1) is 0 Å². The summed E-state index contributed by atoms with van der Waals surface area (Å²) in [7, 11) is 1.86. The van der Waals surface area contributed by atoms with E-state index >= 15 is 0 Å². The Balaban J connectivity index is 0.00000280. The molecule has 156 valence electrons. The quantitative estimate of drug-likeness (QED) is 0.262. The van der Waals surface area contributed by atoms with Crippen molar-refractivity contribution in [3.05, 3.63) is 42.0 Å². The number of hydrogen-bond acceptors (Lipinski definition) is 3. The molecule has 1 saturated heterocycles. The largest absolute Gasteiger partial charge is 0.364 e. The van der Waals surface area contributed by atoms with E-state index in [1.54, 1.807) is 0 Å². The average Bonchev–Trinajstić information content (AvgIpc) is 3.25. The predicted molar refractivity (Wildman–Crippen MR) is 131 cm³/mol. The van der Waals surface area contributed by atoms with Crippen molar-refractivity contribution in [1.82, 2.24) is 15.5 Å². The van der Waals surface area contributed by atoms with Gasteiger partial charge in [0.15, 0.2) is 5.96 Å². The number of rotatable bonds is 7. The van der Waals surface area contributed by atoms with Crippen molar-refractivity contribution in [1.29, 1.82) is 0 Å². The lowest BCUT2D eigenvalue weighted by atomic mass is 10.0. The molecule has 0 bridgehead atoms. The molecule has 5 nitrogen and oxygen atoms in total. The Hall–Kier alpha value is -1.28. The fraction of sp³-hybridized carbons (Fsp3) is 0.591. The van der Waals surface area contributed by atoms with Crippen molar-refractivity contribution in [2.24, 2.45) is 4.99 Å². The van der Waals surface area contributed by atoms with Crippen LogP contribution in [0.4, 0.5) is 5.69 Å². The predicted octanol–water partition coefficient (Wildman–Crippen LogP) is 3.61. The topological polar surface area (TPSA) is 42.9 Å². The Kier molecular flexibility index (Phi) is 10.1. The fourth-order valence-corrected chi connectivity index (χ4v) is 3.81. The molecule has 3 rings (SSSR count). The molecule has 2 aliphatic rings. The fourth-order valence-electron chi connectivity index (χ4n) is 3.81. The Labute approximate surface area is 187 Å². The number of likely N-dealkylation sites (tertiary alicyclic amines) is 1. The van der Waals surface area contributed by atoms with Gasteiger partial charge in [0.25, 0.3) is 0 Å². The molecule has 0 atom stereocenters. The highest BCUT2D eigenvalue weighted by molar-refractivity contribution is 14.0. The monoisotopic (exact) mass is 497 g/mol. The molecule has 0 spiro atoms. The van der Waals surface area contributed by atoms with E-state index in [4.69, 9.17) is 0 Å². The second-order valence-electron chi connectivity index (χ2n) is 7.59. The van der Waals surface area contributed by atoms with Crippen molar-refractivity contribution in [3.63, 3.8) is 0 Å². The van der Waals surface area contributed by atoms with Crippen LogP contribution in [-0.2, 0) is 6.54 Å². The zero-order valence-electron chi connectivity index (χ0n) is 17.4. The van der Waals surface area contributed by atoms with Crippen molar-refractivity contribution in [3.8, 4) is 0 Å². The lowest BCUT2D eigenvalue weighted by molar-refractivity contribution is 0.203. The summed E-state index contributed by atoms with van der Waals surface area (Å²) in [6.07, 6.45) is 9.44. The SMILES string of the molecule is CCCCN1CCC(NC(=NC)NCc2cccc(N3CC=CC3)c2)CC1.I. The molecule has 2 N–H and O–H groups in total. The van der Waals surface area contributed by atoms with Crippen LogP contribution in [0.2, 0.25) is 0 Å². The minimum absolute atomic E-state index is 0. The zero-order valence-corrected chi connectivity index (χ0v) is 19.7. The van der Waals surface area contributed by atoms with E-state index in [1.807, 2.05) is 7.05 Å². The Morgan fingerprint density at radius 2 is 1.93 bits per heavy atom. The summed E-state index contributed by atoms with van der Waals surface area (Å²) < 4.78 is 0. The molecule has 2 heterocycles. The van der Waals surface area contributed by atoms with E-state index < -0.39 is 0 Å². The van der Waals surface area contributed by atoms with Gasteiger partial charge in [0, 0.05) is 51.5 Å². The highest BCUT2D eigenvalue weighted by Crippen LogP contribution is 2.18. The van der Waals surface area contributed by atoms with Gasteiger partial charge in [0.2, 0.25) is 0 Å². The van der Waals surface area contributed by atoms with Crippen LogP contribution < -0.4 is 15.5 Å². The van der Waals surface area contributed by atoms with Gasteiger partial charge in [-0.3, -0.25) is 4.99 Å². The number of benzene rings is 1. The zero-order chi connectivity index (χ0) is 18.9. The third-order valence-electron chi connectivity index (χ3n) is 5.53. The lowest BCUT2D eigenvalue weighted by Gasteiger charge is -2.33. The van der Waals surface area contributed by atoms with Crippen LogP contribution in [0, 0.1) is 0 Å². The first kappa shape index (κ1) is 23.0. The molecule has 0 aliphatic carbocycles. The van der Waals surface area contributed by atoms with Gasteiger partial charge in [-0.15, -0.1) is 24.0 Å². The third kappa shape index (κ3) is 6.95. The van der Waals surface area contributed by atoms with Crippen LogP contribution in [-0.4, -0.2) is 56.7 Å². The van der Waals surface area contributed by atoms with Gasteiger partial charge in [-0.25, -0.2) is 0 Å². The molecule has 6 heteroatoms. The number of aliphatic imine (C=N–C) groups is 1. The highest BCUT2D eigenvalue weighted by Gasteiger charge is 2.19. The average molecular weight is 497 g/mol. The van der Waals surface area contributed by atoms with E-state index in [9.17, 15) is 0 Å². The van der Waals surface area contributed by atoms with Crippen molar-refractivity contribution in [2.45, 2.75) is 45.2 Å². The first-order valence-electron chi connectivity index (χ1n) is 10.5. The van der Waals surface area contributed by atoms with E-state index in [0.29, 0.717) is 6.04 Å². The standard InChI is InChI=1S/C22H35N5.HI/c1-3-4-12-26-15-10-20(11-16-26)25-22(23-2)24-18-19-8-7-9-21(17-19)27-13-5-6-14-27;/h5-9,17,20H,3-4,10-16,18H2,1-2H3,(H2,23,24,25);1H. The highest BCUT2D eigenvalue weighted by atomic mass is 127. The summed E-state index contributed by atoms with van der Waals surface area (Å²) in [6.45, 7) is 8.72. The Morgan fingerprint density at radius 1 is 1.18 bits per heavy atom. The summed E-state index contributed by atoms with van der Waals surface area (Å²) in [5.74, 6) is 0.912. The summed E-state index contributed by atoms with van der Waals surface area (Å²) in [4.78, 5) is 9.40. The van der Waals surface area contributed by atoms with Crippen LogP contribution in [0.25, 0.3) is 0 Å². The van der Waals surface area contributed by atoms with Crippen LogP contribution >= 0.6 is 24.0 Å². The molecule has 28 heavy (non-hydrogen) atoms. The molecule has 2 aliphatic heterocycles. The Bertz CT molecular complexity index is 630. The van der Waals surface area contributed by atoms with Crippen LogP contribution in [0.15, 0.2) is 41.4 Å². The number of nitrogens with zero attached hydrogens (tertiary/aromatic N) is 3. The summed E-state index contributed by atoms with van der Waals surface area (Å²) in [5, 5.41) is 7.10. The number of piperidine rings is 1. The maximum atomic E-state index is 4.43. The van der Waals surface area contributed by atoms with Crippen LogP contribution in [0.5, 0.6) is 0 Å². The Morgan fingerprint density at radius 3 is 2.61 bits per heavy atom. The van der Waals surface area contributed by atoms with E-state index in [1.165, 1.54) is 56.6 Å².